The summed E-state index contributed by atoms with van der Waals surface area (Å²) in [6, 6.07) is 10.8. The van der Waals surface area contributed by atoms with E-state index in [9.17, 15) is 4.79 Å². The number of fused-ring (bicyclic) bond motifs is 1. The largest absolute Gasteiger partial charge is 0.486 e. The minimum atomic E-state index is -1.01. The van der Waals surface area contributed by atoms with E-state index in [-0.39, 0.29) is 5.69 Å². The van der Waals surface area contributed by atoms with Crippen LogP contribution in [-0.2, 0) is 5.75 Å². The van der Waals surface area contributed by atoms with Crippen molar-refractivity contribution >= 4 is 17.7 Å². The van der Waals surface area contributed by atoms with Crippen LogP contribution >= 0.6 is 11.8 Å². The van der Waals surface area contributed by atoms with Gasteiger partial charge in [-0.1, -0.05) is 6.07 Å². The van der Waals surface area contributed by atoms with Gasteiger partial charge in [0, 0.05) is 10.6 Å². The molecule has 1 aromatic carbocycles. The summed E-state index contributed by atoms with van der Waals surface area (Å²) in [5.41, 5.74) is 0.796. The number of pyridine rings is 1. The number of carboxylic acids is 1. The molecule has 0 aliphatic carbocycles. The molecule has 0 bridgehead atoms. The lowest BCUT2D eigenvalue weighted by Crippen LogP contribution is -2.15. The van der Waals surface area contributed by atoms with Crippen molar-refractivity contribution in [3.63, 3.8) is 0 Å². The summed E-state index contributed by atoms with van der Waals surface area (Å²) < 4.78 is 11.0. The number of carboxylic acid groups (broad SMARTS) is 1. The van der Waals surface area contributed by atoms with Crippen LogP contribution in [0.5, 0.6) is 11.5 Å². The molecule has 1 aromatic heterocycles. The Bertz CT molecular complexity index is 674. The first-order chi connectivity index (χ1) is 10.2. The highest BCUT2D eigenvalue weighted by atomic mass is 32.2. The van der Waals surface area contributed by atoms with E-state index in [1.54, 1.807) is 17.8 Å². The van der Waals surface area contributed by atoms with Gasteiger partial charge < -0.3 is 14.6 Å². The molecule has 0 unspecified atom stereocenters. The molecule has 5 nitrogen and oxygen atoms in total. The highest BCUT2D eigenvalue weighted by Gasteiger charge is 2.12. The summed E-state index contributed by atoms with van der Waals surface area (Å²) in [6.07, 6.45) is 0. The van der Waals surface area contributed by atoms with Gasteiger partial charge in [-0.2, -0.15) is 0 Å². The number of thioether (sulfide) groups is 1. The number of hydrogen-bond donors (Lipinski definition) is 1. The quantitative estimate of drug-likeness (QED) is 0.876. The molecule has 108 valence electrons. The predicted octanol–water partition coefficient (Wildman–Crippen LogP) is 2.84. The molecule has 2 heterocycles. The molecule has 3 rings (SSSR count). The smallest absolute Gasteiger partial charge is 0.354 e. The number of rotatable bonds is 4. The van der Waals surface area contributed by atoms with Crippen LogP contribution in [0.25, 0.3) is 0 Å². The van der Waals surface area contributed by atoms with E-state index >= 15 is 0 Å². The van der Waals surface area contributed by atoms with Crippen molar-refractivity contribution < 1.29 is 19.4 Å². The Hall–Kier alpha value is -2.21. The Morgan fingerprint density at radius 3 is 2.81 bits per heavy atom. The first kappa shape index (κ1) is 13.8. The minimum Gasteiger partial charge on any atom is -0.486 e. The number of aromatic nitrogens is 1. The normalized spacial score (nSPS) is 13.0. The highest BCUT2D eigenvalue weighted by molar-refractivity contribution is 7.98. The van der Waals surface area contributed by atoms with Crippen LogP contribution in [0.15, 0.2) is 41.3 Å². The van der Waals surface area contributed by atoms with Gasteiger partial charge in [0.25, 0.3) is 0 Å². The van der Waals surface area contributed by atoms with Gasteiger partial charge in [0.2, 0.25) is 0 Å². The molecule has 0 amide bonds. The molecule has 2 aromatic rings. The first-order valence-corrected chi connectivity index (χ1v) is 7.42. The SMILES string of the molecule is O=C(O)c1cccc(CSc2ccc3c(c2)OCCO3)n1. The second-order valence-electron chi connectivity index (χ2n) is 4.41. The molecule has 1 N–H and O–H groups in total. The van der Waals surface area contributed by atoms with Crippen molar-refractivity contribution in [3.8, 4) is 11.5 Å². The standard InChI is InChI=1S/C15H13NO4S/c17-15(18)12-3-1-2-10(16-12)9-21-11-4-5-13-14(8-11)20-7-6-19-13/h1-5,8H,6-7,9H2,(H,17,18). The molecule has 0 radical (unpaired) electrons. The molecule has 21 heavy (non-hydrogen) atoms. The molecule has 0 fully saturated rings. The van der Waals surface area contributed by atoms with Gasteiger partial charge in [-0.05, 0) is 30.3 Å². The minimum absolute atomic E-state index is 0.0651. The van der Waals surface area contributed by atoms with Gasteiger partial charge in [-0.3, -0.25) is 0 Å². The number of aromatic carboxylic acids is 1. The van der Waals surface area contributed by atoms with Crippen LogP contribution in [0, 0.1) is 0 Å². The Kier molecular flexibility index (Phi) is 3.96. The zero-order chi connectivity index (χ0) is 14.7. The third kappa shape index (κ3) is 3.28. The number of ether oxygens (including phenoxy) is 2. The van der Waals surface area contributed by atoms with E-state index in [0.717, 1.165) is 22.1 Å². The average molecular weight is 303 g/mol. The monoisotopic (exact) mass is 303 g/mol. The van der Waals surface area contributed by atoms with Gasteiger partial charge in [-0.15, -0.1) is 11.8 Å². The maximum atomic E-state index is 10.9. The van der Waals surface area contributed by atoms with Gasteiger partial charge >= 0.3 is 5.97 Å². The second kappa shape index (κ2) is 6.05. The molecule has 1 aliphatic heterocycles. The zero-order valence-corrected chi connectivity index (χ0v) is 11.9. The topological polar surface area (TPSA) is 68.7 Å². The van der Waals surface area contributed by atoms with Crippen LogP contribution in [-0.4, -0.2) is 29.3 Å². The van der Waals surface area contributed by atoms with Crippen molar-refractivity contribution in [1.29, 1.82) is 0 Å². The average Bonchev–Trinajstić information content (AvgIpc) is 2.53. The van der Waals surface area contributed by atoms with Crippen LogP contribution in [0.2, 0.25) is 0 Å². The Morgan fingerprint density at radius 1 is 1.19 bits per heavy atom. The third-order valence-electron chi connectivity index (χ3n) is 2.93. The zero-order valence-electron chi connectivity index (χ0n) is 11.1. The van der Waals surface area contributed by atoms with Crippen LogP contribution in [0.3, 0.4) is 0 Å². The van der Waals surface area contributed by atoms with Crippen molar-refractivity contribution in [2.45, 2.75) is 10.6 Å². The molecule has 1 aliphatic rings. The maximum Gasteiger partial charge on any atom is 0.354 e. The third-order valence-corrected chi connectivity index (χ3v) is 3.95. The predicted molar refractivity (Wildman–Crippen MR) is 78.2 cm³/mol. The lowest BCUT2D eigenvalue weighted by Gasteiger charge is -2.18. The summed E-state index contributed by atoms with van der Waals surface area (Å²) >= 11 is 1.58. The van der Waals surface area contributed by atoms with Gasteiger partial charge in [0.1, 0.15) is 18.9 Å². The maximum absolute atomic E-state index is 10.9. The van der Waals surface area contributed by atoms with E-state index in [4.69, 9.17) is 14.6 Å². The lowest BCUT2D eigenvalue weighted by atomic mass is 10.3. The summed E-state index contributed by atoms with van der Waals surface area (Å²) in [5.74, 6) is 1.09. The molecule has 6 heteroatoms. The van der Waals surface area contributed by atoms with Crippen molar-refractivity contribution in [1.82, 2.24) is 4.98 Å². The first-order valence-electron chi connectivity index (χ1n) is 6.44. The van der Waals surface area contributed by atoms with Crippen molar-refractivity contribution in [3.05, 3.63) is 47.8 Å². The van der Waals surface area contributed by atoms with E-state index in [1.807, 2.05) is 24.3 Å². The molecule has 0 saturated carbocycles. The van der Waals surface area contributed by atoms with Gasteiger partial charge in [-0.25, -0.2) is 9.78 Å². The Labute approximate surface area is 125 Å². The van der Waals surface area contributed by atoms with Crippen molar-refractivity contribution in [2.75, 3.05) is 13.2 Å². The van der Waals surface area contributed by atoms with Gasteiger partial charge in [0.05, 0.1) is 5.69 Å². The number of carbonyl (C=O) groups is 1. The van der Waals surface area contributed by atoms with Crippen molar-refractivity contribution in [2.24, 2.45) is 0 Å². The number of benzene rings is 1. The highest BCUT2D eigenvalue weighted by Crippen LogP contribution is 2.34. The summed E-state index contributed by atoms with van der Waals surface area (Å²) in [4.78, 5) is 16.0. The molecular weight excluding hydrogens is 290 g/mol. The fourth-order valence-corrected chi connectivity index (χ4v) is 2.78. The lowest BCUT2D eigenvalue weighted by molar-refractivity contribution is 0.0690. The fourth-order valence-electron chi connectivity index (χ4n) is 1.95. The molecule has 0 saturated heterocycles. The van der Waals surface area contributed by atoms with E-state index in [2.05, 4.69) is 4.98 Å². The summed E-state index contributed by atoms with van der Waals surface area (Å²) in [7, 11) is 0. The second-order valence-corrected chi connectivity index (χ2v) is 5.46. The summed E-state index contributed by atoms with van der Waals surface area (Å²) in [5, 5.41) is 8.93. The van der Waals surface area contributed by atoms with Crippen LogP contribution < -0.4 is 9.47 Å². The van der Waals surface area contributed by atoms with Crippen LogP contribution in [0.4, 0.5) is 0 Å². The van der Waals surface area contributed by atoms with E-state index < -0.39 is 5.97 Å². The number of hydrogen-bond acceptors (Lipinski definition) is 5. The van der Waals surface area contributed by atoms with Crippen LogP contribution in [0.1, 0.15) is 16.2 Å². The molecule has 0 atom stereocenters. The molecular formula is C15H13NO4S. The fraction of sp³-hybridized carbons (Fsp3) is 0.200. The van der Waals surface area contributed by atoms with Gasteiger partial charge in [0.15, 0.2) is 11.5 Å². The Morgan fingerprint density at radius 2 is 2.00 bits per heavy atom. The Balaban J connectivity index is 1.70. The summed E-state index contributed by atoms with van der Waals surface area (Å²) in [6.45, 7) is 1.13. The number of nitrogens with zero attached hydrogens (tertiary/aromatic N) is 1. The van der Waals surface area contributed by atoms with E-state index in [1.165, 1.54) is 6.07 Å². The van der Waals surface area contributed by atoms with E-state index in [0.29, 0.717) is 19.0 Å². The molecule has 0 spiro atoms.